The maximum Gasteiger partial charge on any atom is 0.0760 e. The van der Waals surface area contributed by atoms with E-state index in [0.29, 0.717) is 0 Å². The lowest BCUT2D eigenvalue weighted by atomic mass is 9.89. The minimum absolute atomic E-state index is 1.10. The van der Waals surface area contributed by atoms with Crippen LogP contribution in [0.25, 0.3) is 10.9 Å². The van der Waals surface area contributed by atoms with E-state index in [1.807, 2.05) is 7.05 Å². The Labute approximate surface area is 102 Å². The highest BCUT2D eigenvalue weighted by molar-refractivity contribution is 5.94. The van der Waals surface area contributed by atoms with Crippen molar-refractivity contribution in [2.75, 3.05) is 12.4 Å². The molecule has 1 heterocycles. The first-order chi connectivity index (χ1) is 8.29. The van der Waals surface area contributed by atoms with Crippen molar-refractivity contribution in [2.45, 2.75) is 32.6 Å². The molecular weight excluding hydrogens is 208 g/mol. The Kier molecular flexibility index (Phi) is 2.50. The van der Waals surface area contributed by atoms with Gasteiger partial charge in [0, 0.05) is 23.8 Å². The molecule has 0 saturated heterocycles. The van der Waals surface area contributed by atoms with Gasteiger partial charge in [0.1, 0.15) is 0 Å². The predicted octanol–water partition coefficient (Wildman–Crippen LogP) is 3.46. The van der Waals surface area contributed by atoms with Crippen molar-refractivity contribution < 1.29 is 0 Å². The van der Waals surface area contributed by atoms with Crippen LogP contribution in [0.15, 0.2) is 18.2 Å². The molecule has 1 aliphatic carbocycles. The van der Waals surface area contributed by atoms with Gasteiger partial charge in [-0.1, -0.05) is 12.1 Å². The highest BCUT2D eigenvalue weighted by atomic mass is 14.8. The molecule has 2 aromatic rings. The van der Waals surface area contributed by atoms with Crippen LogP contribution in [-0.4, -0.2) is 12.0 Å². The van der Waals surface area contributed by atoms with E-state index in [1.165, 1.54) is 53.4 Å². The Balaban J connectivity index is 2.35. The highest BCUT2D eigenvalue weighted by Crippen LogP contribution is 2.31. The zero-order chi connectivity index (χ0) is 11.8. The van der Waals surface area contributed by atoms with Crippen molar-refractivity contribution >= 4 is 16.6 Å². The van der Waals surface area contributed by atoms with Gasteiger partial charge in [-0.05, 0) is 49.8 Å². The Morgan fingerprint density at radius 1 is 1.18 bits per heavy atom. The summed E-state index contributed by atoms with van der Waals surface area (Å²) in [6, 6.07) is 6.63. The molecule has 3 rings (SSSR count). The number of nitrogens with zero attached hydrogens (tertiary/aromatic N) is 1. The van der Waals surface area contributed by atoms with E-state index >= 15 is 0 Å². The molecule has 0 aliphatic heterocycles. The normalized spacial score (nSPS) is 14.7. The third-order valence-corrected chi connectivity index (χ3v) is 3.70. The third-order valence-electron chi connectivity index (χ3n) is 3.70. The van der Waals surface area contributed by atoms with Gasteiger partial charge in [-0.25, -0.2) is 0 Å². The summed E-state index contributed by atoms with van der Waals surface area (Å²) in [5.41, 5.74) is 6.49. The summed E-state index contributed by atoms with van der Waals surface area (Å²) in [7, 11) is 1.98. The van der Waals surface area contributed by atoms with Crippen LogP contribution in [0.1, 0.15) is 29.7 Å². The first-order valence-electron chi connectivity index (χ1n) is 6.39. The van der Waals surface area contributed by atoms with Crippen molar-refractivity contribution in [3.63, 3.8) is 0 Å². The molecule has 2 heteroatoms. The Morgan fingerprint density at radius 2 is 2.00 bits per heavy atom. The molecule has 0 atom stereocenters. The third kappa shape index (κ3) is 1.68. The first kappa shape index (κ1) is 10.6. The topological polar surface area (TPSA) is 24.9 Å². The second-order valence-electron chi connectivity index (χ2n) is 4.87. The average Bonchev–Trinajstić information content (AvgIpc) is 2.37. The predicted molar refractivity (Wildman–Crippen MR) is 72.7 cm³/mol. The van der Waals surface area contributed by atoms with Crippen LogP contribution in [-0.2, 0) is 12.8 Å². The summed E-state index contributed by atoms with van der Waals surface area (Å²) in [5, 5.41) is 4.54. The van der Waals surface area contributed by atoms with E-state index in [2.05, 4.69) is 30.4 Å². The summed E-state index contributed by atoms with van der Waals surface area (Å²) >= 11 is 0. The summed E-state index contributed by atoms with van der Waals surface area (Å²) in [4.78, 5) is 4.76. The number of hydrogen-bond donors (Lipinski definition) is 1. The Morgan fingerprint density at radius 3 is 2.82 bits per heavy atom. The van der Waals surface area contributed by atoms with E-state index in [4.69, 9.17) is 4.98 Å². The largest absolute Gasteiger partial charge is 0.388 e. The van der Waals surface area contributed by atoms with E-state index < -0.39 is 0 Å². The molecular formula is C15H18N2. The number of nitrogens with one attached hydrogen (secondary N) is 1. The van der Waals surface area contributed by atoms with Gasteiger partial charge >= 0.3 is 0 Å². The lowest BCUT2D eigenvalue weighted by Gasteiger charge is -2.18. The fourth-order valence-electron chi connectivity index (χ4n) is 2.86. The van der Waals surface area contributed by atoms with Crippen molar-refractivity contribution in [2.24, 2.45) is 0 Å². The number of pyridine rings is 1. The zero-order valence-electron chi connectivity index (χ0n) is 10.5. The Hall–Kier alpha value is -1.57. The van der Waals surface area contributed by atoms with E-state index in [9.17, 15) is 0 Å². The number of anilines is 1. The van der Waals surface area contributed by atoms with Gasteiger partial charge in [-0.2, -0.15) is 0 Å². The lowest BCUT2D eigenvalue weighted by molar-refractivity contribution is 0.689. The van der Waals surface area contributed by atoms with Crippen molar-refractivity contribution in [1.82, 2.24) is 4.98 Å². The first-order valence-corrected chi connectivity index (χ1v) is 6.39. The zero-order valence-corrected chi connectivity index (χ0v) is 10.5. The van der Waals surface area contributed by atoms with Crippen LogP contribution in [0.2, 0.25) is 0 Å². The molecule has 2 nitrogen and oxygen atoms in total. The van der Waals surface area contributed by atoms with Crippen molar-refractivity contribution in [3.8, 4) is 0 Å². The van der Waals surface area contributed by atoms with Crippen LogP contribution >= 0.6 is 0 Å². The van der Waals surface area contributed by atoms with Gasteiger partial charge < -0.3 is 5.32 Å². The second kappa shape index (κ2) is 4.02. The van der Waals surface area contributed by atoms with Gasteiger partial charge in [-0.3, -0.25) is 4.98 Å². The monoisotopic (exact) mass is 226 g/mol. The maximum atomic E-state index is 4.76. The molecule has 1 aromatic heterocycles. The van der Waals surface area contributed by atoms with E-state index in [1.54, 1.807) is 0 Å². The molecule has 0 radical (unpaired) electrons. The van der Waals surface area contributed by atoms with Gasteiger partial charge in [0.05, 0.1) is 5.52 Å². The SMILES string of the molecule is CNc1cc(C)nc2c3c(ccc12)CCCC3. The molecule has 0 amide bonds. The fraction of sp³-hybridized carbons (Fsp3) is 0.400. The molecule has 0 fully saturated rings. The van der Waals surface area contributed by atoms with Crippen LogP contribution in [0.5, 0.6) is 0 Å². The molecule has 0 saturated carbocycles. The summed E-state index contributed by atoms with van der Waals surface area (Å²) in [6.45, 7) is 2.07. The quantitative estimate of drug-likeness (QED) is 0.805. The summed E-state index contributed by atoms with van der Waals surface area (Å²) in [5.74, 6) is 0. The number of aryl methyl sites for hydroxylation is 3. The molecule has 88 valence electrons. The van der Waals surface area contributed by atoms with Crippen molar-refractivity contribution in [1.29, 1.82) is 0 Å². The highest BCUT2D eigenvalue weighted by Gasteiger charge is 2.14. The summed E-state index contributed by atoms with van der Waals surface area (Å²) in [6.07, 6.45) is 5.03. The molecule has 17 heavy (non-hydrogen) atoms. The van der Waals surface area contributed by atoms with E-state index in [-0.39, 0.29) is 0 Å². The van der Waals surface area contributed by atoms with E-state index in [0.717, 1.165) is 5.69 Å². The van der Waals surface area contributed by atoms with Crippen LogP contribution in [0.3, 0.4) is 0 Å². The Bertz CT molecular complexity index is 573. The second-order valence-corrected chi connectivity index (χ2v) is 4.87. The molecule has 1 aliphatic rings. The molecule has 0 bridgehead atoms. The average molecular weight is 226 g/mol. The lowest BCUT2D eigenvalue weighted by Crippen LogP contribution is -2.05. The van der Waals surface area contributed by atoms with Gasteiger partial charge in [-0.15, -0.1) is 0 Å². The summed E-state index contributed by atoms with van der Waals surface area (Å²) < 4.78 is 0. The smallest absolute Gasteiger partial charge is 0.0760 e. The van der Waals surface area contributed by atoms with Gasteiger partial charge in [0.15, 0.2) is 0 Å². The minimum Gasteiger partial charge on any atom is -0.388 e. The molecule has 0 unspecified atom stereocenters. The number of benzene rings is 1. The molecule has 1 N–H and O–H groups in total. The number of aromatic nitrogens is 1. The number of fused-ring (bicyclic) bond motifs is 3. The number of hydrogen-bond acceptors (Lipinski definition) is 2. The number of rotatable bonds is 1. The van der Waals surface area contributed by atoms with Crippen LogP contribution in [0.4, 0.5) is 5.69 Å². The fourth-order valence-corrected chi connectivity index (χ4v) is 2.86. The van der Waals surface area contributed by atoms with Crippen LogP contribution in [0, 0.1) is 6.92 Å². The minimum atomic E-state index is 1.10. The standard InChI is InChI=1S/C15H18N2/c1-10-9-14(16-2)13-8-7-11-5-3-4-6-12(11)15(13)17-10/h7-9H,3-6H2,1-2H3,(H,16,17). The van der Waals surface area contributed by atoms with Crippen LogP contribution < -0.4 is 5.32 Å². The van der Waals surface area contributed by atoms with Gasteiger partial charge in [0.25, 0.3) is 0 Å². The van der Waals surface area contributed by atoms with Crippen molar-refractivity contribution in [3.05, 3.63) is 35.0 Å². The van der Waals surface area contributed by atoms with Gasteiger partial charge in [0.2, 0.25) is 0 Å². The molecule has 0 spiro atoms. The maximum absolute atomic E-state index is 4.76. The molecule has 1 aromatic carbocycles.